The van der Waals surface area contributed by atoms with Crippen molar-refractivity contribution in [1.82, 2.24) is 4.57 Å². The molecular weight excluding hydrogens is 466 g/mol. The second-order valence-corrected chi connectivity index (χ2v) is 12.1. The fraction of sp³-hybridized carbons (Fsp3) is 0.484. The Morgan fingerprint density at radius 3 is 2.49 bits per heavy atom. The van der Waals surface area contributed by atoms with E-state index in [-0.39, 0.29) is 11.9 Å². The van der Waals surface area contributed by atoms with E-state index in [1.165, 1.54) is 24.8 Å². The predicted molar refractivity (Wildman–Crippen MR) is 142 cm³/mol. The Hall–Kier alpha value is -3.28. The molecule has 6 rings (SSSR count). The molecule has 1 unspecified atom stereocenters. The summed E-state index contributed by atoms with van der Waals surface area (Å²) in [6.45, 7) is 5.98. The summed E-state index contributed by atoms with van der Waals surface area (Å²) in [5.41, 5.74) is 4.55. The third-order valence-corrected chi connectivity index (χ3v) is 8.58. The van der Waals surface area contributed by atoms with Gasteiger partial charge in [-0.05, 0) is 87.4 Å². The zero-order valence-corrected chi connectivity index (χ0v) is 22.1. The Morgan fingerprint density at radius 1 is 1.05 bits per heavy atom. The number of aromatic nitrogens is 1. The third-order valence-electron chi connectivity index (χ3n) is 8.58. The van der Waals surface area contributed by atoms with Crippen LogP contribution in [0.15, 0.2) is 36.4 Å². The molecule has 0 radical (unpaired) electrons. The molecule has 194 valence electrons. The third kappa shape index (κ3) is 3.84. The number of methoxy groups -OCH3 is 1. The number of esters is 1. The van der Waals surface area contributed by atoms with Gasteiger partial charge in [-0.3, -0.25) is 4.79 Å². The minimum atomic E-state index is -0.857. The largest absolute Gasteiger partial charge is 0.497 e. The van der Waals surface area contributed by atoms with E-state index in [9.17, 15) is 14.7 Å². The number of hydrogen-bond acceptors (Lipinski definition) is 4. The first kappa shape index (κ1) is 24.1. The van der Waals surface area contributed by atoms with Crippen LogP contribution in [0.5, 0.6) is 5.75 Å². The molecule has 2 heterocycles. The number of ether oxygens (including phenoxy) is 2. The predicted octanol–water partition coefficient (Wildman–Crippen LogP) is 6.89. The Morgan fingerprint density at radius 2 is 1.81 bits per heavy atom. The summed E-state index contributed by atoms with van der Waals surface area (Å²) < 4.78 is 13.4. The fourth-order valence-corrected chi connectivity index (χ4v) is 6.74. The summed E-state index contributed by atoms with van der Waals surface area (Å²) in [7, 11) is 1.65. The highest BCUT2D eigenvalue weighted by molar-refractivity contribution is 6.00. The van der Waals surface area contributed by atoms with E-state index in [1.807, 2.05) is 45.0 Å². The van der Waals surface area contributed by atoms with Gasteiger partial charge in [0, 0.05) is 28.9 Å². The van der Waals surface area contributed by atoms with Gasteiger partial charge in [-0.15, -0.1) is 0 Å². The van der Waals surface area contributed by atoms with Crippen LogP contribution in [0.1, 0.15) is 92.6 Å². The van der Waals surface area contributed by atoms with Crippen molar-refractivity contribution < 1.29 is 24.2 Å². The van der Waals surface area contributed by atoms with Gasteiger partial charge in [0.15, 0.2) is 0 Å². The SMILES string of the molecule is COc1ccc2c(c1)[C@H]1CC1(C(=O)O)Cn1c-2c(C2CCCCC2)c2ccc(C(=O)OC(C)(C)C)cc21. The summed E-state index contributed by atoms with van der Waals surface area (Å²) in [4.78, 5) is 25.7. The molecule has 0 amide bonds. The number of carboxylic acids is 1. The molecule has 0 spiro atoms. The first-order valence-corrected chi connectivity index (χ1v) is 13.4. The van der Waals surface area contributed by atoms with Gasteiger partial charge in [0.05, 0.1) is 23.8 Å². The van der Waals surface area contributed by atoms with Crippen LogP contribution in [0.2, 0.25) is 0 Å². The first-order valence-electron chi connectivity index (χ1n) is 13.4. The summed E-state index contributed by atoms with van der Waals surface area (Å²) in [5, 5.41) is 11.5. The second-order valence-electron chi connectivity index (χ2n) is 12.1. The Labute approximate surface area is 217 Å². The Kier molecular flexibility index (Phi) is 5.45. The molecule has 2 aromatic carbocycles. The minimum absolute atomic E-state index is 0.0571. The Bertz CT molecular complexity index is 1420. The van der Waals surface area contributed by atoms with Crippen molar-refractivity contribution in [1.29, 1.82) is 0 Å². The minimum Gasteiger partial charge on any atom is -0.497 e. The van der Waals surface area contributed by atoms with Gasteiger partial charge in [-0.25, -0.2) is 4.79 Å². The summed E-state index contributed by atoms with van der Waals surface area (Å²) >= 11 is 0. The molecule has 3 aliphatic rings. The number of nitrogens with zero attached hydrogens (tertiary/aromatic N) is 1. The molecule has 37 heavy (non-hydrogen) atoms. The van der Waals surface area contributed by atoms with Gasteiger partial charge >= 0.3 is 11.9 Å². The number of benzene rings is 2. The fourth-order valence-electron chi connectivity index (χ4n) is 6.74. The smallest absolute Gasteiger partial charge is 0.338 e. The highest BCUT2D eigenvalue weighted by atomic mass is 16.6. The average molecular weight is 502 g/mol. The van der Waals surface area contributed by atoms with Gasteiger partial charge in [-0.2, -0.15) is 0 Å². The van der Waals surface area contributed by atoms with Crippen molar-refractivity contribution in [2.45, 2.75) is 83.3 Å². The lowest BCUT2D eigenvalue weighted by Crippen LogP contribution is -2.24. The van der Waals surface area contributed by atoms with E-state index in [1.54, 1.807) is 7.11 Å². The Balaban J connectivity index is 1.63. The van der Waals surface area contributed by atoms with E-state index in [0.29, 0.717) is 24.4 Å². The van der Waals surface area contributed by atoms with E-state index in [0.717, 1.165) is 46.3 Å². The normalized spacial score (nSPS) is 23.0. The molecule has 2 saturated carbocycles. The topological polar surface area (TPSA) is 77.8 Å². The molecule has 0 saturated heterocycles. The number of fused-ring (bicyclic) bond motifs is 7. The van der Waals surface area contributed by atoms with E-state index >= 15 is 0 Å². The highest BCUT2D eigenvalue weighted by Gasteiger charge is 2.63. The zero-order valence-electron chi connectivity index (χ0n) is 22.1. The number of hydrogen-bond donors (Lipinski definition) is 1. The zero-order chi connectivity index (χ0) is 26.1. The van der Waals surface area contributed by atoms with Crippen LogP contribution in [0.25, 0.3) is 22.2 Å². The average Bonchev–Trinajstić information content (AvgIpc) is 3.54. The van der Waals surface area contributed by atoms with E-state index in [2.05, 4.69) is 16.7 Å². The molecule has 1 N–H and O–H groups in total. The lowest BCUT2D eigenvalue weighted by Gasteiger charge is -2.24. The molecule has 6 heteroatoms. The number of carbonyl (C=O) groups is 2. The summed E-state index contributed by atoms with van der Waals surface area (Å²) in [5.74, 6) is -0.0205. The quantitative estimate of drug-likeness (QED) is 0.394. The number of rotatable bonds is 4. The maximum Gasteiger partial charge on any atom is 0.338 e. The van der Waals surface area contributed by atoms with Crippen molar-refractivity contribution in [2.75, 3.05) is 7.11 Å². The monoisotopic (exact) mass is 501 g/mol. The van der Waals surface area contributed by atoms with Crippen molar-refractivity contribution in [3.8, 4) is 17.0 Å². The summed E-state index contributed by atoms with van der Waals surface area (Å²) in [6.07, 6.45) is 6.50. The van der Waals surface area contributed by atoms with E-state index < -0.39 is 17.0 Å². The van der Waals surface area contributed by atoms with E-state index in [4.69, 9.17) is 9.47 Å². The van der Waals surface area contributed by atoms with Gasteiger partial charge < -0.3 is 19.1 Å². The number of carbonyl (C=O) groups excluding carboxylic acids is 1. The van der Waals surface area contributed by atoms with Crippen molar-refractivity contribution in [2.24, 2.45) is 5.41 Å². The maximum atomic E-state index is 13.0. The van der Waals surface area contributed by atoms with Crippen LogP contribution in [0, 0.1) is 5.41 Å². The van der Waals surface area contributed by atoms with Crippen LogP contribution in [0.4, 0.5) is 0 Å². The number of aliphatic carboxylic acids is 1. The summed E-state index contributed by atoms with van der Waals surface area (Å²) in [6, 6.07) is 12.0. The molecule has 1 aromatic heterocycles. The highest BCUT2D eigenvalue weighted by Crippen LogP contribution is 2.65. The molecular formula is C31H35NO5. The molecule has 1 aliphatic heterocycles. The molecule has 0 bridgehead atoms. The molecule has 3 aromatic rings. The van der Waals surface area contributed by atoms with Crippen LogP contribution in [-0.4, -0.2) is 34.3 Å². The van der Waals surface area contributed by atoms with Crippen molar-refractivity contribution in [3.63, 3.8) is 0 Å². The number of carboxylic acid groups (broad SMARTS) is 1. The second kappa shape index (κ2) is 8.37. The van der Waals surface area contributed by atoms with Gasteiger partial charge in [-0.1, -0.05) is 25.3 Å². The van der Waals surface area contributed by atoms with Crippen LogP contribution >= 0.6 is 0 Å². The lowest BCUT2D eigenvalue weighted by atomic mass is 9.81. The maximum absolute atomic E-state index is 13.0. The molecule has 2 atom stereocenters. The lowest BCUT2D eigenvalue weighted by molar-refractivity contribution is -0.144. The van der Waals surface area contributed by atoms with Crippen LogP contribution in [0.3, 0.4) is 0 Å². The van der Waals surface area contributed by atoms with Crippen molar-refractivity contribution in [3.05, 3.63) is 53.1 Å². The molecule has 6 nitrogen and oxygen atoms in total. The van der Waals surface area contributed by atoms with Crippen LogP contribution in [-0.2, 0) is 16.1 Å². The molecule has 2 fully saturated rings. The standard InChI is InChI=1S/C31H35NO5/c1-30(2,3)37-28(33)19-10-12-22-25(14-19)32-17-31(29(34)35)16-24(31)23-15-20(36-4)11-13-21(23)27(32)26(22)18-8-6-5-7-9-18/h10-15,18,24H,5-9,16-17H2,1-4H3,(H,34,35)/t24-,31?/m1/s1. The molecule has 2 aliphatic carbocycles. The van der Waals surface area contributed by atoms with Gasteiger partial charge in [0.25, 0.3) is 0 Å². The van der Waals surface area contributed by atoms with Crippen molar-refractivity contribution >= 4 is 22.8 Å². The first-order chi connectivity index (χ1) is 17.6. The van der Waals surface area contributed by atoms with Gasteiger partial charge in [0.2, 0.25) is 0 Å². The van der Waals surface area contributed by atoms with Crippen LogP contribution < -0.4 is 4.74 Å². The van der Waals surface area contributed by atoms with Gasteiger partial charge in [0.1, 0.15) is 11.4 Å².